The van der Waals surface area contributed by atoms with Crippen LogP contribution in [0.4, 0.5) is 0 Å². The van der Waals surface area contributed by atoms with E-state index in [1.165, 1.54) is 11.1 Å². The topological polar surface area (TPSA) is 38.1 Å². The Labute approximate surface area is 124 Å². The Balaban J connectivity index is 1.82. The number of hydrogen-bond donors (Lipinski definition) is 1. The van der Waals surface area contributed by atoms with E-state index >= 15 is 0 Å². The molecule has 3 rings (SSSR count). The highest BCUT2D eigenvalue weighted by Gasteiger charge is 2.16. The van der Waals surface area contributed by atoms with Gasteiger partial charge >= 0.3 is 0 Å². The molecule has 106 valence electrons. The van der Waals surface area contributed by atoms with Crippen molar-refractivity contribution >= 4 is 0 Å². The Kier molecular flexibility index (Phi) is 4.12. The quantitative estimate of drug-likeness (QED) is 0.770. The number of rotatable bonds is 5. The molecule has 3 aromatic rings. The fraction of sp³-hybridized carbons (Fsp3) is 0.167. The van der Waals surface area contributed by atoms with Crippen LogP contribution < -0.4 is 5.32 Å². The number of nitrogens with one attached hydrogen (secondary N) is 1. The number of furan rings is 1. The van der Waals surface area contributed by atoms with Gasteiger partial charge in [-0.05, 0) is 36.2 Å². The molecule has 0 bridgehead atoms. The SMILES string of the molecule is Cc1cccnc1CNC(c1ccccc1)c1ccco1. The van der Waals surface area contributed by atoms with Gasteiger partial charge in [0.1, 0.15) is 5.76 Å². The molecule has 1 unspecified atom stereocenters. The maximum absolute atomic E-state index is 5.59. The van der Waals surface area contributed by atoms with Crippen LogP contribution >= 0.6 is 0 Å². The summed E-state index contributed by atoms with van der Waals surface area (Å²) < 4.78 is 5.59. The third-order valence-electron chi connectivity index (χ3n) is 3.55. The molecule has 0 spiro atoms. The van der Waals surface area contributed by atoms with Crippen LogP contribution in [0.3, 0.4) is 0 Å². The fourth-order valence-corrected chi connectivity index (χ4v) is 2.39. The number of benzene rings is 1. The first-order chi connectivity index (χ1) is 10.3. The van der Waals surface area contributed by atoms with Gasteiger partial charge in [-0.15, -0.1) is 0 Å². The van der Waals surface area contributed by atoms with E-state index in [0.717, 1.165) is 11.5 Å². The zero-order valence-electron chi connectivity index (χ0n) is 12.0. The lowest BCUT2D eigenvalue weighted by Gasteiger charge is -2.17. The molecule has 0 radical (unpaired) electrons. The summed E-state index contributed by atoms with van der Waals surface area (Å²) >= 11 is 0. The normalized spacial score (nSPS) is 12.2. The van der Waals surface area contributed by atoms with E-state index in [2.05, 4.69) is 35.4 Å². The summed E-state index contributed by atoms with van der Waals surface area (Å²) in [6.07, 6.45) is 3.54. The monoisotopic (exact) mass is 278 g/mol. The predicted octanol–water partition coefficient (Wildman–Crippen LogP) is 3.86. The molecule has 1 aromatic carbocycles. The molecule has 1 N–H and O–H groups in total. The smallest absolute Gasteiger partial charge is 0.125 e. The Bertz CT molecular complexity index is 677. The molecule has 0 aliphatic rings. The Morgan fingerprint density at radius 3 is 2.62 bits per heavy atom. The van der Waals surface area contributed by atoms with Crippen LogP contribution in [-0.2, 0) is 6.54 Å². The first kappa shape index (κ1) is 13.6. The van der Waals surface area contributed by atoms with E-state index in [0.29, 0.717) is 6.54 Å². The number of pyridine rings is 1. The van der Waals surface area contributed by atoms with Crippen molar-refractivity contribution in [2.75, 3.05) is 0 Å². The molecule has 3 nitrogen and oxygen atoms in total. The summed E-state index contributed by atoms with van der Waals surface area (Å²) in [6.45, 7) is 2.78. The molecule has 0 saturated carbocycles. The molecule has 0 aliphatic carbocycles. The van der Waals surface area contributed by atoms with Gasteiger partial charge in [0.05, 0.1) is 18.0 Å². The molecule has 0 amide bonds. The van der Waals surface area contributed by atoms with E-state index in [4.69, 9.17) is 4.42 Å². The second-order valence-corrected chi connectivity index (χ2v) is 5.01. The summed E-state index contributed by atoms with van der Waals surface area (Å²) in [6, 6.07) is 18.3. The van der Waals surface area contributed by atoms with E-state index in [1.54, 1.807) is 6.26 Å². The average Bonchev–Trinajstić information content (AvgIpc) is 3.04. The van der Waals surface area contributed by atoms with Gasteiger partial charge in [0.25, 0.3) is 0 Å². The van der Waals surface area contributed by atoms with Crippen molar-refractivity contribution in [3.63, 3.8) is 0 Å². The van der Waals surface area contributed by atoms with Gasteiger partial charge in [-0.25, -0.2) is 0 Å². The maximum atomic E-state index is 5.59. The molecule has 2 heterocycles. The molecule has 3 heteroatoms. The standard InChI is InChI=1S/C18H18N2O/c1-14-7-5-11-19-16(14)13-20-18(17-10-6-12-21-17)15-8-3-2-4-9-15/h2-12,18,20H,13H2,1H3. The number of aryl methyl sites for hydroxylation is 1. The second-order valence-electron chi connectivity index (χ2n) is 5.01. The van der Waals surface area contributed by atoms with Crippen LogP contribution in [0.1, 0.15) is 28.6 Å². The second kappa shape index (κ2) is 6.37. The van der Waals surface area contributed by atoms with Crippen molar-refractivity contribution in [2.45, 2.75) is 19.5 Å². The molecule has 2 aromatic heterocycles. The van der Waals surface area contributed by atoms with Crippen molar-refractivity contribution in [1.29, 1.82) is 0 Å². The molecule has 21 heavy (non-hydrogen) atoms. The summed E-state index contributed by atoms with van der Waals surface area (Å²) in [5, 5.41) is 3.54. The predicted molar refractivity (Wildman–Crippen MR) is 82.8 cm³/mol. The third-order valence-corrected chi connectivity index (χ3v) is 3.55. The van der Waals surface area contributed by atoms with Crippen LogP contribution in [0, 0.1) is 6.92 Å². The lowest BCUT2D eigenvalue weighted by Crippen LogP contribution is -2.22. The van der Waals surface area contributed by atoms with E-state index in [1.807, 2.05) is 42.6 Å². The highest BCUT2D eigenvalue weighted by molar-refractivity contribution is 5.27. The number of nitrogens with zero attached hydrogens (tertiary/aromatic N) is 1. The highest BCUT2D eigenvalue weighted by Crippen LogP contribution is 2.22. The van der Waals surface area contributed by atoms with Gasteiger partial charge in [0, 0.05) is 12.7 Å². The van der Waals surface area contributed by atoms with Crippen molar-refractivity contribution < 1.29 is 4.42 Å². The molecule has 0 aliphatic heterocycles. The summed E-state index contributed by atoms with van der Waals surface area (Å²) in [5.74, 6) is 0.912. The van der Waals surface area contributed by atoms with Crippen molar-refractivity contribution in [1.82, 2.24) is 10.3 Å². The lowest BCUT2D eigenvalue weighted by atomic mass is 10.0. The summed E-state index contributed by atoms with van der Waals surface area (Å²) in [4.78, 5) is 4.43. The molecule has 1 atom stereocenters. The van der Waals surface area contributed by atoms with Crippen LogP contribution in [-0.4, -0.2) is 4.98 Å². The van der Waals surface area contributed by atoms with Crippen LogP contribution in [0.25, 0.3) is 0 Å². The fourth-order valence-electron chi connectivity index (χ4n) is 2.39. The van der Waals surface area contributed by atoms with Crippen molar-refractivity contribution in [2.24, 2.45) is 0 Å². The molecule has 0 fully saturated rings. The number of aromatic nitrogens is 1. The van der Waals surface area contributed by atoms with Gasteiger partial charge < -0.3 is 4.42 Å². The van der Waals surface area contributed by atoms with Gasteiger partial charge in [0.2, 0.25) is 0 Å². The minimum absolute atomic E-state index is 0.0302. The van der Waals surface area contributed by atoms with Crippen LogP contribution in [0.15, 0.2) is 71.5 Å². The van der Waals surface area contributed by atoms with Crippen molar-refractivity contribution in [3.8, 4) is 0 Å². The minimum atomic E-state index is 0.0302. The summed E-state index contributed by atoms with van der Waals surface area (Å²) in [5.41, 5.74) is 3.43. The van der Waals surface area contributed by atoms with Gasteiger partial charge in [-0.3, -0.25) is 10.3 Å². The molecular weight excluding hydrogens is 260 g/mol. The lowest BCUT2D eigenvalue weighted by molar-refractivity contribution is 0.444. The minimum Gasteiger partial charge on any atom is -0.467 e. The van der Waals surface area contributed by atoms with E-state index in [9.17, 15) is 0 Å². The van der Waals surface area contributed by atoms with Gasteiger partial charge in [-0.1, -0.05) is 36.4 Å². The zero-order valence-corrected chi connectivity index (χ0v) is 12.0. The van der Waals surface area contributed by atoms with Gasteiger partial charge in [-0.2, -0.15) is 0 Å². The Hall–Kier alpha value is -2.39. The third kappa shape index (κ3) is 3.20. The Morgan fingerprint density at radius 1 is 1.05 bits per heavy atom. The molecular formula is C18H18N2O. The zero-order chi connectivity index (χ0) is 14.5. The average molecular weight is 278 g/mol. The molecule has 0 saturated heterocycles. The van der Waals surface area contributed by atoms with Crippen LogP contribution in [0.2, 0.25) is 0 Å². The van der Waals surface area contributed by atoms with Gasteiger partial charge in [0.15, 0.2) is 0 Å². The largest absolute Gasteiger partial charge is 0.467 e. The van der Waals surface area contributed by atoms with E-state index in [-0.39, 0.29) is 6.04 Å². The maximum Gasteiger partial charge on any atom is 0.125 e. The first-order valence-electron chi connectivity index (χ1n) is 7.07. The number of hydrogen-bond acceptors (Lipinski definition) is 3. The van der Waals surface area contributed by atoms with E-state index < -0.39 is 0 Å². The van der Waals surface area contributed by atoms with Crippen molar-refractivity contribution in [3.05, 3.63) is 89.6 Å². The van der Waals surface area contributed by atoms with Crippen LogP contribution in [0.5, 0.6) is 0 Å². The highest BCUT2D eigenvalue weighted by atomic mass is 16.3. The summed E-state index contributed by atoms with van der Waals surface area (Å²) in [7, 11) is 0. The Morgan fingerprint density at radius 2 is 1.90 bits per heavy atom. The first-order valence-corrected chi connectivity index (χ1v) is 7.07.